The van der Waals surface area contributed by atoms with Crippen molar-refractivity contribution < 1.29 is 192 Å². The van der Waals surface area contributed by atoms with Crippen LogP contribution in [0.1, 0.15) is 10.4 Å². The van der Waals surface area contributed by atoms with Gasteiger partial charge in [-0.05, 0) is 24.3 Å². The van der Waals surface area contributed by atoms with E-state index in [2.05, 4.69) is 10.3 Å². The zero-order valence-corrected chi connectivity index (χ0v) is 53.2. The predicted molar refractivity (Wildman–Crippen MR) is 311 cm³/mol. The molecular formula is C57H83N3O39S. The van der Waals surface area contributed by atoms with Crippen molar-refractivity contribution in [2.45, 2.75) is 226 Å². The Morgan fingerprint density at radius 2 is 0.620 bits per heavy atom. The topological polar surface area (TPSA) is 650 Å². The van der Waals surface area contributed by atoms with Crippen LogP contribution in [0.4, 0.5) is 5.82 Å². The SMILES string of the molecule is CN1C(C(=O)Nc2ccccn2)C(=O)c2ccccc2S1(=O)=O.OC[C@H]1O[C@@H]2O[C@H]3[C@H](O)[C@@H](O)[C@@H](O[C@H]4[C@H](O)[C@@H](O)[C@@H](O[C@H]5[C@H](O)[C@@H](O)[C@@H](O[C@H]6[C@H](O)[C@@H](O)[C@@H](O[C@H]7[C@H](O)[C@@H](O)[C@@H](O[C@H]8[C@H](O)[C@@H](O)[C@@H](O[C@H]1[C@H](O)[C@H]2O)O[C@@H]8CO)O[C@@H]7CO)O[C@@H]6CO)O[C@@H]5CO)O[C@@H]4CO)O[C@@H]3CO. The number of fused-ring (bicyclic) bond motifs is 1. The number of carbonyl (C=O) groups excluding carboxylic acids is 2. The maximum atomic E-state index is 12.6. The van der Waals surface area contributed by atoms with Crippen molar-refractivity contribution >= 4 is 27.5 Å². The molecular weight excluding hydrogens is 1380 g/mol. The third kappa shape index (κ3) is 15.5. The lowest BCUT2D eigenvalue weighted by Crippen LogP contribution is -2.68. The van der Waals surface area contributed by atoms with Crippen LogP contribution in [0.3, 0.4) is 0 Å². The van der Waals surface area contributed by atoms with Gasteiger partial charge in [-0.3, -0.25) is 9.59 Å². The van der Waals surface area contributed by atoms with E-state index in [1.165, 1.54) is 31.4 Å². The average Bonchev–Trinajstić information content (AvgIpc) is 0.745. The van der Waals surface area contributed by atoms with Gasteiger partial charge in [0, 0.05) is 18.8 Å². The number of sulfonamides is 1. The number of likely N-dealkylation sites (N-methyl/N-ethyl adjacent to an activating group) is 1. The van der Waals surface area contributed by atoms with Gasteiger partial charge in [0.15, 0.2) is 55.9 Å². The number of ketones is 1. The average molecular weight is 1470 g/mol. The first kappa shape index (κ1) is 78.6. The number of benzene rings is 1. The van der Waals surface area contributed by atoms with Gasteiger partial charge in [0.05, 0.1) is 51.1 Å². The number of anilines is 1. The van der Waals surface area contributed by atoms with Gasteiger partial charge in [-0.1, -0.05) is 18.2 Å². The summed E-state index contributed by atoms with van der Waals surface area (Å²) < 4.78 is 105. The number of carbonyl (C=O) groups is 2. The number of ether oxygens (including phenoxy) is 14. The van der Waals surface area contributed by atoms with Crippen molar-refractivity contribution in [2.75, 3.05) is 58.6 Å². The molecule has 22 N–H and O–H groups in total. The standard InChI is InChI=1S/C42H70O35.C15H13N3O4S/c43-1-8-29-15(50)22(57)36(64-8)72-30-9(2-44)66-38(24(59)17(30)52)74-32-11(4-46)68-40(26(61)19(32)54)76-34-13(6-48)70-42(28(63)21(34)56)77-35-14(7-49)69-41(27(62)20(35)55)75-33-12(5-47)67-39(25(60)18(33)53)73-31-10(3-45)65-37(71-29)23(58)16(31)51;1-18-13(15(20)17-12-8-4-5-9-16-12)14(19)10-6-2-3-7-11(10)23(18,21)22/h8-63H,1-7H2;2-9,13H,1H3,(H,16,17,20)/t8-,9-,10-,11-,12-,13-,14-,15-,16-,17-,18-,19-,20-,21-,22-,23-,24-,25-,26-,27-,28-,29-,30-,31-,32-,33-,34-,35-,36-,37-,38-,39-,40-,41-,42-;/m1./s1. The number of amides is 1. The zero-order valence-electron chi connectivity index (χ0n) is 52.4. The Morgan fingerprint density at radius 3 is 0.850 bits per heavy atom. The number of nitrogens with one attached hydrogen (secondary N) is 1. The summed E-state index contributed by atoms with van der Waals surface area (Å²) in [5, 5.41) is 233. The molecule has 24 rings (SSSR count). The van der Waals surface area contributed by atoms with Crippen molar-refractivity contribution in [3.63, 3.8) is 0 Å². The molecule has 23 heterocycles. The van der Waals surface area contributed by atoms with Gasteiger partial charge in [0.1, 0.15) is 177 Å². The minimum atomic E-state index is -3.91. The maximum absolute atomic E-state index is 12.6. The van der Waals surface area contributed by atoms with Crippen LogP contribution in [-0.4, -0.2) is 411 Å². The first-order valence-electron chi connectivity index (χ1n) is 31.4. The number of Topliss-reactive ketones (excluding diaryl/α,β-unsaturated/α-hetero) is 1. The lowest BCUT2D eigenvalue weighted by atomic mass is 9.95. The van der Waals surface area contributed by atoms with Crippen LogP contribution in [0.15, 0.2) is 53.6 Å². The van der Waals surface area contributed by atoms with Crippen LogP contribution in [-0.2, 0) is 81.1 Å². The van der Waals surface area contributed by atoms with Crippen molar-refractivity contribution in [2.24, 2.45) is 0 Å². The number of nitrogens with zero attached hydrogens (tertiary/aromatic N) is 2. The van der Waals surface area contributed by atoms with Gasteiger partial charge in [0.2, 0.25) is 10.0 Å². The molecule has 1 amide bonds. The van der Waals surface area contributed by atoms with E-state index in [1.807, 2.05) is 0 Å². The minimum absolute atomic E-state index is 0.0202. The van der Waals surface area contributed by atoms with Gasteiger partial charge in [-0.2, -0.15) is 4.31 Å². The van der Waals surface area contributed by atoms with E-state index in [9.17, 15) is 125 Å². The van der Waals surface area contributed by atoms with Crippen molar-refractivity contribution in [3.05, 3.63) is 54.2 Å². The molecule has 566 valence electrons. The fourth-order valence-electron chi connectivity index (χ4n) is 12.8. The Hall–Kier alpha value is -3.98. The molecule has 43 heteroatoms. The second kappa shape index (κ2) is 33.2. The highest BCUT2D eigenvalue weighted by Crippen LogP contribution is 2.40. The molecule has 14 bridgehead atoms. The normalized spacial score (nSPS) is 47.2. The number of aromatic nitrogens is 1. The highest BCUT2D eigenvalue weighted by Gasteiger charge is 2.60. The molecule has 42 nitrogen and oxygen atoms in total. The summed E-state index contributed by atoms with van der Waals surface area (Å²) in [5.41, 5.74) is 0.0202. The van der Waals surface area contributed by atoms with Crippen LogP contribution < -0.4 is 5.32 Å². The van der Waals surface area contributed by atoms with Crippen LogP contribution in [0.5, 0.6) is 0 Å². The van der Waals surface area contributed by atoms with Crippen LogP contribution in [0, 0.1) is 0 Å². The Kier molecular flexibility index (Phi) is 26.1. The quantitative estimate of drug-likeness (QED) is 0.104. The lowest BCUT2D eigenvalue weighted by molar-refractivity contribution is -0.396. The Labute approximate surface area is 565 Å². The minimum Gasteiger partial charge on any atom is -0.394 e. The molecule has 22 aliphatic heterocycles. The van der Waals surface area contributed by atoms with Gasteiger partial charge in [0.25, 0.3) is 5.91 Å². The smallest absolute Gasteiger partial charge is 0.251 e. The number of aliphatic hydroxyl groups is 21. The summed E-state index contributed by atoms with van der Waals surface area (Å²) in [6.45, 7) is -7.33. The van der Waals surface area contributed by atoms with Crippen LogP contribution >= 0.6 is 0 Å². The first-order chi connectivity index (χ1) is 47.6. The van der Waals surface area contributed by atoms with Gasteiger partial charge in [-0.25, -0.2) is 13.4 Å². The van der Waals surface area contributed by atoms with Gasteiger partial charge in [-0.15, -0.1) is 0 Å². The molecule has 0 aliphatic carbocycles. The second-order valence-electron chi connectivity index (χ2n) is 24.6. The number of rotatable bonds is 9. The molecule has 0 spiro atoms. The van der Waals surface area contributed by atoms with Gasteiger partial charge >= 0.3 is 0 Å². The molecule has 100 heavy (non-hydrogen) atoms. The first-order valence-corrected chi connectivity index (χ1v) is 32.8. The zero-order chi connectivity index (χ0) is 72.7. The molecule has 21 fully saturated rings. The van der Waals surface area contributed by atoms with E-state index in [0.717, 1.165) is 4.31 Å². The van der Waals surface area contributed by atoms with Crippen molar-refractivity contribution in [1.82, 2.24) is 9.29 Å². The summed E-state index contributed by atoms with van der Waals surface area (Å²) in [4.78, 5) is 28.8. The molecule has 2 aromatic rings. The monoisotopic (exact) mass is 1470 g/mol. The number of aliphatic hydroxyl groups excluding tert-OH is 21. The molecule has 36 atom stereocenters. The third-order valence-electron chi connectivity index (χ3n) is 18.4. The van der Waals surface area contributed by atoms with Crippen molar-refractivity contribution in [1.29, 1.82) is 0 Å². The molecule has 1 unspecified atom stereocenters. The second-order valence-corrected chi connectivity index (χ2v) is 26.6. The number of pyridine rings is 1. The molecule has 0 radical (unpaired) electrons. The predicted octanol–water partition coefficient (Wildman–Crippen LogP) is -14.3. The molecule has 1 aromatic heterocycles. The Balaban J connectivity index is 0.000000394. The van der Waals surface area contributed by atoms with E-state index < -0.39 is 289 Å². The molecule has 21 saturated heterocycles. The maximum Gasteiger partial charge on any atom is 0.251 e. The highest BCUT2D eigenvalue weighted by molar-refractivity contribution is 7.89. The summed E-state index contributed by atoms with van der Waals surface area (Å²) in [6, 6.07) is 9.28. The summed E-state index contributed by atoms with van der Waals surface area (Å²) in [7, 11) is -2.69. The Bertz CT molecular complexity index is 2740. The molecule has 22 aliphatic rings. The summed E-state index contributed by atoms with van der Waals surface area (Å²) >= 11 is 0. The fourth-order valence-corrected chi connectivity index (χ4v) is 14.3. The van der Waals surface area contributed by atoms with E-state index >= 15 is 0 Å². The van der Waals surface area contributed by atoms with Gasteiger partial charge < -0.3 is 179 Å². The van der Waals surface area contributed by atoms with Crippen LogP contribution in [0.25, 0.3) is 0 Å². The molecule has 1 aromatic carbocycles. The van der Waals surface area contributed by atoms with E-state index in [1.54, 1.807) is 24.3 Å². The summed E-state index contributed by atoms with van der Waals surface area (Å²) in [6.07, 6.45) is -68.8. The van der Waals surface area contributed by atoms with E-state index in [-0.39, 0.29) is 16.3 Å². The molecule has 0 saturated carbocycles. The van der Waals surface area contributed by atoms with E-state index in [0.29, 0.717) is 0 Å². The Morgan fingerprint density at radius 1 is 0.380 bits per heavy atom. The van der Waals surface area contributed by atoms with Crippen LogP contribution in [0.2, 0.25) is 0 Å². The van der Waals surface area contributed by atoms with E-state index in [4.69, 9.17) is 66.3 Å². The number of hydrogen-bond acceptors (Lipinski definition) is 40. The summed E-state index contributed by atoms with van der Waals surface area (Å²) in [5.74, 6) is -1.06. The largest absolute Gasteiger partial charge is 0.394 e. The highest BCUT2D eigenvalue weighted by atomic mass is 32.2. The lowest BCUT2D eigenvalue weighted by Gasteiger charge is -2.50. The van der Waals surface area contributed by atoms with Crippen molar-refractivity contribution in [3.8, 4) is 0 Å². The fraction of sp³-hybridized carbons (Fsp3) is 0.772. The third-order valence-corrected chi connectivity index (χ3v) is 20.3. The number of hydrogen-bond donors (Lipinski definition) is 22.